The summed E-state index contributed by atoms with van der Waals surface area (Å²) in [7, 11) is -19.0. The standard InChI is InChI=1S/C62H114O25S5/c1-47(2)18-11-19-48(3)52-22-23-53-51-21-20-49-46-50(24-26-61(49,4)54(51)25-27-62(52,53)5)76-45-44-75-43-42-74-41-40-73-28-12-29-77-55-56(78-30-13-35-83-88(6,63)64)58(80-32-15-37-85-90(8,67)68)60(82-34-17-39-87-92(10,71)72)59(81-33-16-38-86-91(9,69)70)57(55)79-31-14-36-84-89(7,65)66/h20,47-48,50-60H,11-19,21-46H2,1-10H3/t48-,50-,51+,52-,53+,54+,55?,56?,57?,58?,59?,60?,61+,62-/m1/s1. The van der Waals surface area contributed by atoms with Crippen LogP contribution in [0.5, 0.6) is 0 Å². The Morgan fingerprint density at radius 1 is 0.402 bits per heavy atom. The van der Waals surface area contributed by atoms with Crippen molar-refractivity contribution in [2.75, 3.05) is 150 Å². The van der Waals surface area contributed by atoms with Gasteiger partial charge in [0.2, 0.25) is 0 Å². The maximum absolute atomic E-state index is 11.9. The molecule has 0 radical (unpaired) electrons. The molecule has 0 amide bonds. The van der Waals surface area contributed by atoms with Gasteiger partial charge in [0.1, 0.15) is 36.6 Å². The zero-order valence-corrected chi connectivity index (χ0v) is 60.7. The van der Waals surface area contributed by atoms with Crippen molar-refractivity contribution in [1.82, 2.24) is 0 Å². The first-order valence-electron chi connectivity index (χ1n) is 33.3. The first-order valence-corrected chi connectivity index (χ1v) is 42.3. The molecule has 0 heterocycles. The van der Waals surface area contributed by atoms with Crippen molar-refractivity contribution < 1.29 is 110 Å². The van der Waals surface area contributed by atoms with Crippen LogP contribution in [0.3, 0.4) is 0 Å². The van der Waals surface area contributed by atoms with Crippen LogP contribution in [0, 0.1) is 46.3 Å². The molecule has 4 saturated carbocycles. The minimum Gasteiger partial charge on any atom is -0.379 e. The van der Waals surface area contributed by atoms with Crippen LogP contribution in [-0.2, 0) is 119 Å². The lowest BCUT2D eigenvalue weighted by Crippen LogP contribution is -2.68. The lowest BCUT2D eigenvalue weighted by atomic mass is 9.47. The van der Waals surface area contributed by atoms with Crippen molar-refractivity contribution in [3.05, 3.63) is 11.6 Å². The summed E-state index contributed by atoms with van der Waals surface area (Å²) in [6.07, 6.45) is 15.4. The van der Waals surface area contributed by atoms with Crippen molar-refractivity contribution in [2.24, 2.45) is 46.3 Å². The van der Waals surface area contributed by atoms with Crippen molar-refractivity contribution in [2.45, 2.75) is 187 Å². The molecule has 5 aliphatic rings. The van der Waals surface area contributed by atoms with Crippen molar-refractivity contribution in [3.8, 4) is 0 Å². The van der Waals surface area contributed by atoms with Crippen LogP contribution in [0.25, 0.3) is 0 Å². The average Bonchev–Trinajstić information content (AvgIpc) is 1.34. The molecular formula is C62H114O25S5. The van der Waals surface area contributed by atoms with Gasteiger partial charge in [0.05, 0.1) is 110 Å². The summed E-state index contributed by atoms with van der Waals surface area (Å²) in [5.41, 5.74) is 2.38. The zero-order chi connectivity index (χ0) is 67.6. The van der Waals surface area contributed by atoms with Gasteiger partial charge >= 0.3 is 0 Å². The number of rotatable bonds is 50. The lowest BCUT2D eigenvalue weighted by molar-refractivity contribution is -0.283. The molecule has 0 aromatic heterocycles. The monoisotopic (exact) mass is 1420 g/mol. The molecule has 5 rings (SSSR count). The highest BCUT2D eigenvalue weighted by Gasteiger charge is 2.59. The molecule has 0 spiro atoms. The van der Waals surface area contributed by atoms with Gasteiger partial charge < -0.3 is 47.4 Å². The minimum atomic E-state index is -3.81. The Morgan fingerprint density at radius 2 is 0.772 bits per heavy atom. The molecule has 30 heteroatoms. The third kappa shape index (κ3) is 29.4. The molecule has 0 N–H and O–H groups in total. The number of fused-ring (bicyclic) bond motifs is 5. The van der Waals surface area contributed by atoms with E-state index >= 15 is 0 Å². The highest BCUT2D eigenvalue weighted by molar-refractivity contribution is 7.86. The van der Waals surface area contributed by atoms with Gasteiger partial charge in [-0.1, -0.05) is 65.5 Å². The van der Waals surface area contributed by atoms with E-state index in [1.165, 1.54) is 57.8 Å². The molecule has 542 valence electrons. The van der Waals surface area contributed by atoms with E-state index in [0.717, 1.165) is 79.6 Å². The molecule has 0 aromatic rings. The van der Waals surface area contributed by atoms with Gasteiger partial charge in [0.25, 0.3) is 50.6 Å². The second-order valence-electron chi connectivity index (χ2n) is 26.6. The Balaban J connectivity index is 1.14. The molecule has 0 saturated heterocycles. The van der Waals surface area contributed by atoms with Gasteiger partial charge in [-0.3, -0.25) is 20.9 Å². The molecule has 92 heavy (non-hydrogen) atoms. The molecule has 4 unspecified atom stereocenters. The quantitative estimate of drug-likeness (QED) is 0.0336. The Bertz CT molecular complexity index is 2640. The van der Waals surface area contributed by atoms with E-state index in [9.17, 15) is 42.1 Å². The smallest absolute Gasteiger partial charge is 0.264 e. The molecular weight excluding hydrogens is 1300 g/mol. The van der Waals surface area contributed by atoms with E-state index in [0.29, 0.717) is 44.9 Å². The lowest BCUT2D eigenvalue weighted by Gasteiger charge is -2.58. The van der Waals surface area contributed by atoms with Gasteiger partial charge in [0, 0.05) is 46.2 Å². The Hall–Kier alpha value is -1.11. The fourth-order valence-corrected chi connectivity index (χ4v) is 16.8. The summed E-state index contributed by atoms with van der Waals surface area (Å²) < 4.78 is 206. The van der Waals surface area contributed by atoms with E-state index in [2.05, 4.69) is 40.7 Å². The van der Waals surface area contributed by atoms with E-state index in [1.807, 2.05) is 0 Å². The normalized spacial score (nSPS) is 29.2. The predicted octanol–water partition coefficient (Wildman–Crippen LogP) is 7.01. The SMILES string of the molecule is CC(C)CCC[C@@H](C)[C@H]1CC[C@H]2[C@@H]3CC=C4C[C@H](OCCOCCOCCOCCCOC5C(OCCCOS(C)(=O)=O)C(OCCCOS(C)(=O)=O)C(OCCCOS(C)(=O)=O)C(OCCCOS(C)(=O)=O)C5OCCCOS(C)(=O)=O)CC[C@]4(C)[C@H]3CC[C@]12C. The van der Waals surface area contributed by atoms with Crippen molar-refractivity contribution in [3.63, 3.8) is 0 Å². The highest BCUT2D eigenvalue weighted by Crippen LogP contribution is 2.67. The Kier molecular flexibility index (Phi) is 35.1. The molecule has 12 atom stereocenters. The van der Waals surface area contributed by atoms with Crippen LogP contribution in [-0.4, -0.2) is 235 Å². The Labute approximate surface area is 552 Å². The van der Waals surface area contributed by atoms with Crippen LogP contribution in [0.2, 0.25) is 0 Å². The first kappa shape index (κ1) is 81.6. The second kappa shape index (κ2) is 39.6. The molecule has 0 bridgehead atoms. The Morgan fingerprint density at radius 3 is 1.15 bits per heavy atom. The average molecular weight is 1420 g/mol. The van der Waals surface area contributed by atoms with Crippen LogP contribution in [0.1, 0.15) is 144 Å². The topological polar surface area (TPSA) is 309 Å². The molecule has 25 nitrogen and oxygen atoms in total. The summed E-state index contributed by atoms with van der Waals surface area (Å²) in [6.45, 7) is 13.3. The minimum absolute atomic E-state index is 0.0468. The highest BCUT2D eigenvalue weighted by atomic mass is 32.2. The third-order valence-corrected chi connectivity index (χ3v) is 21.7. The van der Waals surface area contributed by atoms with Crippen LogP contribution >= 0.6 is 0 Å². The van der Waals surface area contributed by atoms with Crippen LogP contribution < -0.4 is 0 Å². The van der Waals surface area contributed by atoms with Crippen molar-refractivity contribution in [1.29, 1.82) is 0 Å². The van der Waals surface area contributed by atoms with Gasteiger partial charge in [-0.2, -0.15) is 42.1 Å². The summed E-state index contributed by atoms with van der Waals surface area (Å²) in [6, 6.07) is 0. The fraction of sp³-hybridized carbons (Fsp3) is 0.968. The zero-order valence-electron chi connectivity index (χ0n) is 56.6. The molecule has 0 aromatic carbocycles. The molecule has 0 aliphatic heterocycles. The largest absolute Gasteiger partial charge is 0.379 e. The maximum Gasteiger partial charge on any atom is 0.264 e. The van der Waals surface area contributed by atoms with E-state index in [-0.39, 0.29) is 130 Å². The molecule has 5 aliphatic carbocycles. The predicted molar refractivity (Wildman–Crippen MR) is 345 cm³/mol. The van der Waals surface area contributed by atoms with E-state index in [4.69, 9.17) is 68.3 Å². The number of ether oxygens (including phenoxy) is 10. The number of hydrogen-bond donors (Lipinski definition) is 0. The number of allylic oxidation sites excluding steroid dienone is 1. The van der Waals surface area contributed by atoms with E-state index < -0.39 is 87.2 Å². The number of hydrogen-bond acceptors (Lipinski definition) is 25. The fourth-order valence-electron chi connectivity index (χ4n) is 14.7. The second-order valence-corrected chi connectivity index (χ2v) is 34.8. The van der Waals surface area contributed by atoms with Crippen LogP contribution in [0.15, 0.2) is 11.6 Å². The summed E-state index contributed by atoms with van der Waals surface area (Å²) in [5.74, 6) is 4.87. The van der Waals surface area contributed by atoms with Crippen molar-refractivity contribution >= 4 is 50.6 Å². The summed E-state index contributed by atoms with van der Waals surface area (Å²) >= 11 is 0. The summed E-state index contributed by atoms with van der Waals surface area (Å²) in [4.78, 5) is 0. The third-order valence-electron chi connectivity index (χ3n) is 18.8. The van der Waals surface area contributed by atoms with Gasteiger partial charge in [-0.15, -0.1) is 0 Å². The van der Waals surface area contributed by atoms with E-state index in [1.54, 1.807) is 5.57 Å². The molecule has 4 fully saturated rings. The van der Waals surface area contributed by atoms with Gasteiger partial charge in [0.15, 0.2) is 0 Å². The first-order chi connectivity index (χ1) is 43.3. The summed E-state index contributed by atoms with van der Waals surface area (Å²) in [5, 5.41) is 0. The maximum atomic E-state index is 11.9. The van der Waals surface area contributed by atoms with Gasteiger partial charge in [-0.05, 0) is 136 Å². The van der Waals surface area contributed by atoms with Gasteiger partial charge in [-0.25, -0.2) is 0 Å². The van der Waals surface area contributed by atoms with Crippen LogP contribution in [0.4, 0.5) is 0 Å².